The second-order valence-corrected chi connectivity index (χ2v) is 3.98. The molecule has 0 radical (unpaired) electrons. The predicted molar refractivity (Wildman–Crippen MR) is 65.0 cm³/mol. The van der Waals surface area contributed by atoms with Gasteiger partial charge in [0.05, 0.1) is 13.2 Å². The van der Waals surface area contributed by atoms with Gasteiger partial charge in [0.1, 0.15) is 0 Å². The number of hydrogen-bond acceptors (Lipinski definition) is 4. The van der Waals surface area contributed by atoms with Crippen LogP contribution in [0.2, 0.25) is 0 Å². The summed E-state index contributed by atoms with van der Waals surface area (Å²) in [5.41, 5.74) is 7.10. The summed E-state index contributed by atoms with van der Waals surface area (Å²) in [5, 5.41) is 11.3. The Morgan fingerprint density at radius 3 is 2.72 bits per heavy atom. The van der Waals surface area contributed by atoms with Crippen LogP contribution in [0.15, 0.2) is 35.4 Å². The van der Waals surface area contributed by atoms with E-state index in [0.29, 0.717) is 12.1 Å². The van der Waals surface area contributed by atoms with E-state index in [0.717, 1.165) is 11.8 Å². The molecule has 0 saturated heterocycles. The molecule has 0 heterocycles. The maximum atomic E-state index is 11.6. The zero-order chi connectivity index (χ0) is 13.7. The Morgan fingerprint density at radius 2 is 2.22 bits per heavy atom. The summed E-state index contributed by atoms with van der Waals surface area (Å²) in [7, 11) is 1.19. The Hall–Kier alpha value is -2.24. The van der Waals surface area contributed by atoms with E-state index in [1.807, 2.05) is 6.92 Å². The van der Waals surface area contributed by atoms with Crippen molar-refractivity contribution in [1.29, 1.82) is 0 Å². The largest absolute Gasteiger partial charge is 0.490 e. The molecule has 0 unspecified atom stereocenters. The van der Waals surface area contributed by atoms with Crippen LogP contribution in [-0.2, 0) is 14.3 Å². The summed E-state index contributed by atoms with van der Waals surface area (Å²) >= 11 is 0. The summed E-state index contributed by atoms with van der Waals surface area (Å²) in [4.78, 5) is 22.2. The first-order chi connectivity index (χ1) is 8.43. The molecule has 0 bridgehead atoms. The first-order valence-corrected chi connectivity index (χ1v) is 5.40. The average molecular weight is 252 g/mol. The van der Waals surface area contributed by atoms with Crippen LogP contribution in [0.3, 0.4) is 0 Å². The van der Waals surface area contributed by atoms with Crippen LogP contribution in [0.1, 0.15) is 13.3 Å². The smallest absolute Gasteiger partial charge is 0.371 e. The number of aliphatic carboxylic acids is 1. The van der Waals surface area contributed by atoms with Crippen LogP contribution in [-0.4, -0.2) is 24.1 Å². The van der Waals surface area contributed by atoms with Gasteiger partial charge in [-0.1, -0.05) is 6.92 Å². The summed E-state index contributed by atoms with van der Waals surface area (Å²) in [6.45, 7) is 1.92. The summed E-state index contributed by atoms with van der Waals surface area (Å²) in [5.74, 6) is -2.15. The molecule has 0 aliphatic heterocycles. The standard InChI is InChI=1S/C12H16N2O4/c1-7-5-8(13)3-4-9(7)14-11(15)6-10(18-2)12(16)17/h3-4,6-7H,5,13H2,1-2H3,(H,14,15)(H,16,17)/b10-6+/t7-/m1/s1. The minimum absolute atomic E-state index is 0.0863. The number of hydrogen-bond donors (Lipinski definition) is 3. The minimum Gasteiger partial charge on any atom is -0.490 e. The molecule has 1 rings (SSSR count). The van der Waals surface area contributed by atoms with Gasteiger partial charge in [0.15, 0.2) is 0 Å². The first kappa shape index (κ1) is 13.8. The Morgan fingerprint density at radius 1 is 1.56 bits per heavy atom. The molecule has 0 aromatic carbocycles. The predicted octanol–water partition coefficient (Wildman–Crippen LogP) is 0.484. The van der Waals surface area contributed by atoms with Gasteiger partial charge < -0.3 is 20.9 Å². The van der Waals surface area contributed by atoms with Crippen molar-refractivity contribution in [3.8, 4) is 0 Å². The molecule has 18 heavy (non-hydrogen) atoms. The van der Waals surface area contributed by atoms with Crippen molar-refractivity contribution in [2.24, 2.45) is 11.7 Å². The van der Waals surface area contributed by atoms with E-state index in [4.69, 9.17) is 10.8 Å². The van der Waals surface area contributed by atoms with Crippen LogP contribution in [0.5, 0.6) is 0 Å². The molecule has 6 heteroatoms. The number of ether oxygens (including phenoxy) is 1. The van der Waals surface area contributed by atoms with E-state index >= 15 is 0 Å². The molecule has 6 nitrogen and oxygen atoms in total. The number of carbonyl (C=O) groups excluding carboxylic acids is 1. The van der Waals surface area contributed by atoms with Crippen molar-refractivity contribution in [3.63, 3.8) is 0 Å². The molecule has 4 N–H and O–H groups in total. The number of carbonyl (C=O) groups is 2. The number of amides is 1. The molecule has 0 aromatic heterocycles. The number of rotatable bonds is 4. The third kappa shape index (κ3) is 3.65. The SMILES string of the molecule is CO/C(=C/C(=O)NC1=CC=C(N)C[C@H]1C)C(=O)O. The molecular formula is C12H16N2O4. The van der Waals surface area contributed by atoms with Gasteiger partial charge in [-0.2, -0.15) is 0 Å². The maximum absolute atomic E-state index is 11.6. The van der Waals surface area contributed by atoms with Gasteiger partial charge in [0.2, 0.25) is 5.76 Å². The molecule has 1 aliphatic carbocycles. The molecular weight excluding hydrogens is 236 g/mol. The van der Waals surface area contributed by atoms with Crippen LogP contribution < -0.4 is 11.1 Å². The average Bonchev–Trinajstić information content (AvgIpc) is 2.29. The number of carboxylic acid groups (broad SMARTS) is 1. The van der Waals surface area contributed by atoms with Crippen LogP contribution >= 0.6 is 0 Å². The van der Waals surface area contributed by atoms with Gasteiger partial charge in [-0.15, -0.1) is 0 Å². The van der Waals surface area contributed by atoms with Gasteiger partial charge in [0, 0.05) is 17.3 Å². The lowest BCUT2D eigenvalue weighted by Crippen LogP contribution is -2.27. The molecule has 98 valence electrons. The highest BCUT2D eigenvalue weighted by Crippen LogP contribution is 2.20. The van der Waals surface area contributed by atoms with Gasteiger partial charge in [-0.25, -0.2) is 4.79 Å². The number of nitrogens with two attached hydrogens (primary N) is 1. The monoisotopic (exact) mass is 252 g/mol. The highest BCUT2D eigenvalue weighted by molar-refractivity contribution is 5.97. The number of nitrogens with one attached hydrogen (secondary N) is 1. The van der Waals surface area contributed by atoms with Crippen molar-refractivity contribution in [1.82, 2.24) is 5.32 Å². The molecule has 1 atom stereocenters. The molecule has 0 fully saturated rings. The van der Waals surface area contributed by atoms with Gasteiger partial charge in [0.25, 0.3) is 5.91 Å². The molecule has 0 aromatic rings. The number of allylic oxidation sites excluding steroid dienone is 4. The molecule has 0 spiro atoms. The minimum atomic E-state index is -1.29. The van der Waals surface area contributed by atoms with Crippen molar-refractivity contribution in [3.05, 3.63) is 35.4 Å². The highest BCUT2D eigenvalue weighted by Gasteiger charge is 2.16. The van der Waals surface area contributed by atoms with Crippen LogP contribution in [0, 0.1) is 5.92 Å². The van der Waals surface area contributed by atoms with E-state index < -0.39 is 17.6 Å². The zero-order valence-electron chi connectivity index (χ0n) is 10.3. The summed E-state index contributed by atoms with van der Waals surface area (Å²) in [6, 6.07) is 0. The van der Waals surface area contributed by atoms with Crippen molar-refractivity contribution in [2.75, 3.05) is 7.11 Å². The topological polar surface area (TPSA) is 102 Å². The molecule has 1 aliphatic rings. The third-order valence-electron chi connectivity index (χ3n) is 2.51. The second-order valence-electron chi connectivity index (χ2n) is 3.98. The van der Waals surface area contributed by atoms with Crippen LogP contribution in [0.25, 0.3) is 0 Å². The fourth-order valence-electron chi connectivity index (χ4n) is 1.56. The van der Waals surface area contributed by atoms with E-state index in [2.05, 4.69) is 10.1 Å². The van der Waals surface area contributed by atoms with Crippen molar-refractivity contribution in [2.45, 2.75) is 13.3 Å². The lowest BCUT2D eigenvalue weighted by Gasteiger charge is -2.19. The summed E-state index contributed by atoms with van der Waals surface area (Å²) in [6.07, 6.45) is 4.99. The Labute approximate surface area is 105 Å². The Balaban J connectivity index is 2.74. The van der Waals surface area contributed by atoms with Gasteiger partial charge >= 0.3 is 5.97 Å². The van der Waals surface area contributed by atoms with Crippen molar-refractivity contribution < 1.29 is 19.4 Å². The third-order valence-corrected chi connectivity index (χ3v) is 2.51. The Bertz CT molecular complexity index is 449. The molecule has 0 saturated carbocycles. The zero-order valence-corrected chi connectivity index (χ0v) is 10.3. The van der Waals surface area contributed by atoms with Crippen LogP contribution in [0.4, 0.5) is 0 Å². The number of carboxylic acids is 1. The van der Waals surface area contributed by atoms with E-state index in [9.17, 15) is 9.59 Å². The van der Waals surface area contributed by atoms with Gasteiger partial charge in [-0.05, 0) is 18.6 Å². The first-order valence-electron chi connectivity index (χ1n) is 5.40. The highest BCUT2D eigenvalue weighted by atomic mass is 16.5. The van der Waals surface area contributed by atoms with E-state index in [-0.39, 0.29) is 5.92 Å². The van der Waals surface area contributed by atoms with E-state index in [1.54, 1.807) is 12.2 Å². The van der Waals surface area contributed by atoms with E-state index in [1.165, 1.54) is 7.11 Å². The lowest BCUT2D eigenvalue weighted by atomic mass is 9.97. The Kier molecular flexibility index (Phi) is 4.53. The maximum Gasteiger partial charge on any atom is 0.371 e. The quantitative estimate of drug-likeness (QED) is 0.499. The number of methoxy groups -OCH3 is 1. The second kappa shape index (κ2) is 5.90. The summed E-state index contributed by atoms with van der Waals surface area (Å²) < 4.78 is 4.56. The molecule has 1 amide bonds. The fourth-order valence-corrected chi connectivity index (χ4v) is 1.56. The normalized spacial score (nSPS) is 19.7. The van der Waals surface area contributed by atoms with Gasteiger partial charge in [-0.3, -0.25) is 4.79 Å². The van der Waals surface area contributed by atoms with Crippen molar-refractivity contribution >= 4 is 11.9 Å². The fraction of sp³-hybridized carbons (Fsp3) is 0.333. The lowest BCUT2D eigenvalue weighted by molar-refractivity contribution is -0.136.